The number of aromatic nitrogens is 2. The van der Waals surface area contributed by atoms with Gasteiger partial charge in [-0.1, -0.05) is 18.2 Å². The van der Waals surface area contributed by atoms with Crippen LogP contribution in [0.3, 0.4) is 0 Å². The highest BCUT2D eigenvalue weighted by atomic mass is 19.3. The molecule has 11 heteroatoms. The van der Waals surface area contributed by atoms with Crippen molar-refractivity contribution in [3.8, 4) is 0 Å². The molecule has 35 heavy (non-hydrogen) atoms. The molecule has 3 aromatic rings. The maximum atomic E-state index is 14.8. The Balaban J connectivity index is 1.72. The van der Waals surface area contributed by atoms with Crippen molar-refractivity contribution in [3.05, 3.63) is 59.2 Å². The number of hydrogen-bond donors (Lipinski definition) is 2. The van der Waals surface area contributed by atoms with Crippen LogP contribution in [0.1, 0.15) is 40.9 Å². The van der Waals surface area contributed by atoms with Gasteiger partial charge in [-0.3, -0.25) is 14.9 Å². The molecule has 1 fully saturated rings. The quantitative estimate of drug-likeness (QED) is 0.529. The van der Waals surface area contributed by atoms with Crippen molar-refractivity contribution in [1.82, 2.24) is 14.5 Å². The first-order chi connectivity index (χ1) is 16.6. The molecular weight excluding hydrogens is 465 g/mol. The number of fused-ring (bicyclic) bond motifs is 1. The van der Waals surface area contributed by atoms with Gasteiger partial charge in [-0.2, -0.15) is 0 Å². The Morgan fingerprint density at radius 1 is 1.31 bits per heavy atom. The second kappa shape index (κ2) is 9.67. The molecule has 186 valence electrons. The summed E-state index contributed by atoms with van der Waals surface area (Å²) in [6.45, 7) is 0.939. The Hall–Kier alpha value is -3.44. The standard InChI is InChI=1S/C24H25F3N4O4/c1-24(27,13-32)12-31-18-7-6-14(19-22(34)30(2)8-9-35-19)11-17(18)28-23(31)29-21(33)16-5-3-4-15(10-16)20(25)26/h3-7,10-11,19-20,32H,8-9,12-13H2,1-2H3,(H,28,29,33). The number of aliphatic hydroxyl groups excluding tert-OH is 1. The second-order valence-corrected chi connectivity index (χ2v) is 8.73. The lowest BCUT2D eigenvalue weighted by atomic mass is 10.1. The number of likely N-dealkylation sites (N-methyl/N-ethyl adjacent to an activating group) is 1. The van der Waals surface area contributed by atoms with E-state index in [0.717, 1.165) is 6.07 Å². The normalized spacial score (nSPS) is 18.2. The first-order valence-electron chi connectivity index (χ1n) is 11.0. The number of amides is 2. The zero-order valence-corrected chi connectivity index (χ0v) is 19.2. The number of carbonyl (C=O) groups excluding carboxylic acids is 2. The van der Waals surface area contributed by atoms with Crippen molar-refractivity contribution in [2.45, 2.75) is 31.7 Å². The van der Waals surface area contributed by atoms with Crippen LogP contribution >= 0.6 is 0 Å². The summed E-state index contributed by atoms with van der Waals surface area (Å²) in [4.78, 5) is 31.3. The smallest absolute Gasteiger partial charge is 0.263 e. The molecule has 1 aliphatic heterocycles. The van der Waals surface area contributed by atoms with Crippen LogP contribution in [0.2, 0.25) is 0 Å². The van der Waals surface area contributed by atoms with Crippen molar-refractivity contribution >= 4 is 28.8 Å². The van der Waals surface area contributed by atoms with E-state index in [2.05, 4.69) is 10.3 Å². The highest BCUT2D eigenvalue weighted by Gasteiger charge is 2.30. The number of carbonyl (C=O) groups is 2. The predicted molar refractivity (Wildman–Crippen MR) is 122 cm³/mol. The number of rotatable bonds is 7. The van der Waals surface area contributed by atoms with E-state index in [1.165, 1.54) is 29.7 Å². The fourth-order valence-corrected chi connectivity index (χ4v) is 3.86. The minimum absolute atomic E-state index is 0.0171. The zero-order chi connectivity index (χ0) is 25.3. The number of benzene rings is 2. The third kappa shape index (κ3) is 5.15. The molecule has 1 aromatic heterocycles. The van der Waals surface area contributed by atoms with E-state index in [4.69, 9.17) is 4.74 Å². The minimum atomic E-state index is -2.74. The first kappa shape index (κ1) is 24.7. The highest BCUT2D eigenvalue weighted by molar-refractivity contribution is 6.04. The Labute approximate surface area is 199 Å². The lowest BCUT2D eigenvalue weighted by Crippen LogP contribution is -2.40. The van der Waals surface area contributed by atoms with Crippen molar-refractivity contribution in [3.63, 3.8) is 0 Å². The number of nitrogens with one attached hydrogen (secondary N) is 1. The summed E-state index contributed by atoms with van der Waals surface area (Å²) in [6.07, 6.45) is -3.56. The Bertz CT molecular complexity index is 1260. The monoisotopic (exact) mass is 490 g/mol. The molecule has 2 amide bonds. The van der Waals surface area contributed by atoms with Gasteiger partial charge in [0.25, 0.3) is 18.2 Å². The Kier molecular flexibility index (Phi) is 6.82. The number of nitrogens with zero attached hydrogens (tertiary/aromatic N) is 3. The van der Waals surface area contributed by atoms with E-state index in [1.807, 2.05) is 0 Å². The van der Waals surface area contributed by atoms with Crippen LogP contribution in [0.25, 0.3) is 11.0 Å². The van der Waals surface area contributed by atoms with Crippen LogP contribution in [-0.4, -0.2) is 63.8 Å². The van der Waals surface area contributed by atoms with Gasteiger partial charge >= 0.3 is 0 Å². The van der Waals surface area contributed by atoms with Crippen molar-refractivity contribution in [2.75, 3.05) is 32.1 Å². The van der Waals surface area contributed by atoms with Crippen LogP contribution in [-0.2, 0) is 16.1 Å². The molecule has 2 N–H and O–H groups in total. The summed E-state index contributed by atoms with van der Waals surface area (Å²) in [7, 11) is 1.68. The zero-order valence-electron chi connectivity index (χ0n) is 19.2. The highest BCUT2D eigenvalue weighted by Crippen LogP contribution is 2.30. The van der Waals surface area contributed by atoms with Crippen LogP contribution < -0.4 is 5.32 Å². The van der Waals surface area contributed by atoms with Crippen LogP contribution in [0.15, 0.2) is 42.5 Å². The molecule has 2 heterocycles. The number of alkyl halides is 3. The molecule has 8 nitrogen and oxygen atoms in total. The average molecular weight is 490 g/mol. The number of imidazole rings is 1. The topological polar surface area (TPSA) is 96.7 Å². The summed E-state index contributed by atoms with van der Waals surface area (Å²) >= 11 is 0. The van der Waals surface area contributed by atoms with E-state index in [0.29, 0.717) is 29.7 Å². The fourth-order valence-electron chi connectivity index (χ4n) is 3.86. The molecule has 2 aromatic carbocycles. The van der Waals surface area contributed by atoms with Crippen molar-refractivity contribution in [1.29, 1.82) is 0 Å². The summed E-state index contributed by atoms with van der Waals surface area (Å²) in [5, 5.41) is 12.0. The molecule has 4 rings (SSSR count). The fraction of sp³-hybridized carbons (Fsp3) is 0.375. The minimum Gasteiger partial charge on any atom is -0.393 e. The maximum Gasteiger partial charge on any atom is 0.263 e. The SMILES string of the molecule is CN1CCOC(c2ccc3c(c2)nc(NC(=O)c2cccc(C(F)F)c2)n3CC(C)(F)CO)C1=O. The molecule has 2 unspecified atom stereocenters. The van der Waals surface area contributed by atoms with Gasteiger partial charge in [0.05, 0.1) is 30.8 Å². The number of halogens is 3. The third-order valence-corrected chi connectivity index (χ3v) is 5.83. The lowest BCUT2D eigenvalue weighted by molar-refractivity contribution is -0.151. The van der Waals surface area contributed by atoms with Crippen molar-refractivity contribution in [2.24, 2.45) is 0 Å². The van der Waals surface area contributed by atoms with Crippen LogP contribution in [0.4, 0.5) is 19.1 Å². The van der Waals surface area contributed by atoms with Gasteiger partial charge < -0.3 is 19.3 Å². The van der Waals surface area contributed by atoms with E-state index in [-0.39, 0.29) is 29.5 Å². The van der Waals surface area contributed by atoms with Crippen molar-refractivity contribution < 1.29 is 32.6 Å². The maximum absolute atomic E-state index is 14.8. The van der Waals surface area contributed by atoms with E-state index >= 15 is 0 Å². The van der Waals surface area contributed by atoms with Gasteiger partial charge in [0.15, 0.2) is 6.10 Å². The summed E-state index contributed by atoms with van der Waals surface area (Å²) in [5.74, 6) is -0.949. The van der Waals surface area contributed by atoms with E-state index in [9.17, 15) is 27.9 Å². The molecule has 0 radical (unpaired) electrons. The molecule has 0 spiro atoms. The molecule has 1 saturated heterocycles. The van der Waals surface area contributed by atoms with Gasteiger partial charge in [-0.15, -0.1) is 0 Å². The number of hydrogen-bond acceptors (Lipinski definition) is 5. The van der Waals surface area contributed by atoms with Gasteiger partial charge in [0.1, 0.15) is 5.67 Å². The summed E-state index contributed by atoms with van der Waals surface area (Å²) in [6, 6.07) is 9.91. The summed E-state index contributed by atoms with van der Waals surface area (Å²) in [5.41, 5.74) is -1.01. The molecule has 0 bridgehead atoms. The second-order valence-electron chi connectivity index (χ2n) is 8.73. The number of aliphatic hydroxyl groups is 1. The summed E-state index contributed by atoms with van der Waals surface area (Å²) < 4.78 is 47.9. The molecule has 0 saturated carbocycles. The Morgan fingerprint density at radius 2 is 2.09 bits per heavy atom. The van der Waals surface area contributed by atoms with Gasteiger partial charge in [0, 0.05) is 24.7 Å². The van der Waals surface area contributed by atoms with Crippen LogP contribution in [0, 0.1) is 0 Å². The first-order valence-corrected chi connectivity index (χ1v) is 11.0. The Morgan fingerprint density at radius 3 is 2.80 bits per heavy atom. The molecule has 0 aliphatic carbocycles. The number of anilines is 1. The number of ether oxygens (including phenoxy) is 1. The lowest BCUT2D eigenvalue weighted by Gasteiger charge is -2.29. The number of morpholine rings is 1. The average Bonchev–Trinajstić information content (AvgIpc) is 3.16. The van der Waals surface area contributed by atoms with Gasteiger partial charge in [-0.25, -0.2) is 18.2 Å². The predicted octanol–water partition coefficient (Wildman–Crippen LogP) is 3.48. The molecule has 2 atom stereocenters. The van der Waals surface area contributed by atoms with E-state index in [1.54, 1.807) is 30.1 Å². The van der Waals surface area contributed by atoms with Gasteiger partial charge in [0.2, 0.25) is 5.95 Å². The van der Waals surface area contributed by atoms with Gasteiger partial charge in [-0.05, 0) is 36.8 Å². The van der Waals surface area contributed by atoms with E-state index < -0.39 is 30.7 Å². The largest absolute Gasteiger partial charge is 0.393 e. The molecule has 1 aliphatic rings. The molecular formula is C24H25F3N4O4. The third-order valence-electron chi connectivity index (χ3n) is 5.83. The van der Waals surface area contributed by atoms with Crippen LogP contribution in [0.5, 0.6) is 0 Å².